The van der Waals surface area contributed by atoms with E-state index in [0.29, 0.717) is 30.7 Å². The van der Waals surface area contributed by atoms with Crippen LogP contribution in [0.25, 0.3) is 0 Å². The Labute approximate surface area is 177 Å². The molecule has 2 atom stereocenters. The number of fused-ring (bicyclic) bond motifs is 2. The first-order chi connectivity index (χ1) is 14.3. The van der Waals surface area contributed by atoms with E-state index in [1.807, 2.05) is 24.3 Å². The zero-order chi connectivity index (χ0) is 21.7. The molecule has 3 rings (SSSR count). The maximum absolute atomic E-state index is 12.1. The summed E-state index contributed by atoms with van der Waals surface area (Å²) in [6.07, 6.45) is 4.50. The van der Waals surface area contributed by atoms with Crippen molar-refractivity contribution < 1.29 is 33.4 Å². The number of rotatable bonds is 9. The van der Waals surface area contributed by atoms with Gasteiger partial charge in [-0.25, -0.2) is 0 Å². The van der Waals surface area contributed by atoms with E-state index < -0.39 is 5.97 Å². The Bertz CT molecular complexity index is 778. The van der Waals surface area contributed by atoms with E-state index in [1.54, 1.807) is 6.92 Å². The van der Waals surface area contributed by atoms with Gasteiger partial charge in [-0.2, -0.15) is 0 Å². The molecule has 2 aliphatic rings. The number of para-hydroxylation sites is 1. The summed E-state index contributed by atoms with van der Waals surface area (Å²) in [7, 11) is 2.26. The first kappa shape index (κ1) is 22.3. The summed E-state index contributed by atoms with van der Waals surface area (Å²) in [5, 5.41) is 8.70. The number of quaternary nitrogens is 1. The highest BCUT2D eigenvalue weighted by atomic mass is 16.5. The molecule has 7 nitrogen and oxygen atoms in total. The summed E-state index contributed by atoms with van der Waals surface area (Å²) in [5.74, 6) is -0.790. The fourth-order valence-electron chi connectivity index (χ4n) is 4.97. The molecule has 7 heteroatoms. The second kappa shape index (κ2) is 9.60. The lowest BCUT2D eigenvalue weighted by Crippen LogP contribution is -2.58. The van der Waals surface area contributed by atoms with Crippen LogP contribution in [0.4, 0.5) is 0 Å². The topological polar surface area (TPSA) is 89.9 Å². The zero-order valence-corrected chi connectivity index (χ0v) is 17.8. The molecule has 2 heterocycles. The number of benzene rings is 1. The van der Waals surface area contributed by atoms with Crippen LogP contribution >= 0.6 is 0 Å². The molecule has 0 amide bonds. The number of carboxylic acids is 1. The second-order valence-corrected chi connectivity index (χ2v) is 8.66. The molecule has 0 radical (unpaired) electrons. The molecule has 0 aromatic heterocycles. The number of carbonyl (C=O) groups is 3. The lowest BCUT2D eigenvalue weighted by atomic mass is 9.95. The van der Waals surface area contributed by atoms with Gasteiger partial charge in [-0.15, -0.1) is 0 Å². The molecule has 2 aliphatic heterocycles. The fourth-order valence-corrected chi connectivity index (χ4v) is 4.97. The molecule has 1 N–H and O–H groups in total. The Morgan fingerprint density at radius 2 is 1.73 bits per heavy atom. The Kier molecular flexibility index (Phi) is 7.13. The van der Waals surface area contributed by atoms with Crippen LogP contribution < -0.4 is 4.74 Å². The van der Waals surface area contributed by atoms with Gasteiger partial charge >= 0.3 is 17.9 Å². The molecule has 2 fully saturated rings. The van der Waals surface area contributed by atoms with Crippen LogP contribution in [-0.4, -0.2) is 52.7 Å². The minimum absolute atomic E-state index is 0.0119. The van der Waals surface area contributed by atoms with Crippen molar-refractivity contribution in [1.29, 1.82) is 0 Å². The third-order valence-electron chi connectivity index (χ3n) is 6.64. The monoisotopic (exact) mass is 418 g/mol. The molecule has 0 aliphatic carbocycles. The number of nitrogens with zero attached hydrogens (tertiary/aromatic N) is 1. The number of aliphatic carboxylic acids is 1. The van der Waals surface area contributed by atoms with E-state index in [2.05, 4.69) is 7.05 Å². The molecule has 30 heavy (non-hydrogen) atoms. The standard InChI is InChI=1S/C23H31NO6/c1-3-22(27)30-20-8-5-4-7-16(20)15-24(2)17-11-12-18(24)14-19(13-17)29-23(28)10-6-9-21(25)26/h4-5,7-8,17-19H,3,6,9-15H2,1-2H3/p+1. The van der Waals surface area contributed by atoms with E-state index in [4.69, 9.17) is 14.6 Å². The van der Waals surface area contributed by atoms with Gasteiger partial charge in [-0.1, -0.05) is 19.1 Å². The van der Waals surface area contributed by atoms with Crippen molar-refractivity contribution in [2.75, 3.05) is 7.05 Å². The molecular weight excluding hydrogens is 386 g/mol. The Morgan fingerprint density at radius 3 is 2.37 bits per heavy atom. The number of carbonyl (C=O) groups excluding carboxylic acids is 2. The summed E-state index contributed by atoms with van der Waals surface area (Å²) in [6, 6.07) is 8.49. The average molecular weight is 419 g/mol. The van der Waals surface area contributed by atoms with Gasteiger partial charge in [0.25, 0.3) is 0 Å². The highest BCUT2D eigenvalue weighted by Gasteiger charge is 2.52. The molecule has 0 saturated carbocycles. The van der Waals surface area contributed by atoms with E-state index in [0.717, 1.165) is 42.3 Å². The molecule has 2 unspecified atom stereocenters. The van der Waals surface area contributed by atoms with Crippen molar-refractivity contribution in [3.63, 3.8) is 0 Å². The number of hydrogen-bond acceptors (Lipinski definition) is 5. The summed E-state index contributed by atoms with van der Waals surface area (Å²) in [5.41, 5.74) is 1.03. The van der Waals surface area contributed by atoms with E-state index in [9.17, 15) is 14.4 Å². The van der Waals surface area contributed by atoms with Gasteiger partial charge in [-0.3, -0.25) is 14.4 Å². The van der Waals surface area contributed by atoms with Gasteiger partial charge in [0.15, 0.2) is 0 Å². The molecular formula is C23H32NO6+. The van der Waals surface area contributed by atoms with Crippen molar-refractivity contribution in [3.05, 3.63) is 29.8 Å². The Morgan fingerprint density at radius 1 is 1.07 bits per heavy atom. The van der Waals surface area contributed by atoms with Crippen LogP contribution in [0.1, 0.15) is 63.9 Å². The van der Waals surface area contributed by atoms with Crippen LogP contribution in [0.5, 0.6) is 5.75 Å². The third-order valence-corrected chi connectivity index (χ3v) is 6.64. The summed E-state index contributed by atoms with van der Waals surface area (Å²) < 4.78 is 12.1. The lowest BCUT2D eigenvalue weighted by molar-refractivity contribution is -0.961. The van der Waals surface area contributed by atoms with Gasteiger partial charge in [0.2, 0.25) is 0 Å². The summed E-state index contributed by atoms with van der Waals surface area (Å²) in [6.45, 7) is 2.56. The highest BCUT2D eigenvalue weighted by molar-refractivity contribution is 5.72. The number of carboxylic acid groups (broad SMARTS) is 1. The zero-order valence-electron chi connectivity index (χ0n) is 17.8. The number of esters is 2. The fraction of sp³-hybridized carbons (Fsp3) is 0.609. The van der Waals surface area contributed by atoms with Crippen LogP contribution in [0.2, 0.25) is 0 Å². The predicted molar refractivity (Wildman–Crippen MR) is 110 cm³/mol. The highest BCUT2D eigenvalue weighted by Crippen LogP contribution is 2.44. The number of hydrogen-bond donors (Lipinski definition) is 1. The summed E-state index contributed by atoms with van der Waals surface area (Å²) >= 11 is 0. The van der Waals surface area contributed by atoms with Crippen LogP contribution in [0.15, 0.2) is 24.3 Å². The van der Waals surface area contributed by atoms with Crippen LogP contribution in [0.3, 0.4) is 0 Å². The van der Waals surface area contributed by atoms with Gasteiger partial charge in [0.05, 0.1) is 19.1 Å². The molecule has 164 valence electrons. The van der Waals surface area contributed by atoms with Gasteiger partial charge in [0, 0.05) is 50.5 Å². The summed E-state index contributed by atoms with van der Waals surface area (Å²) in [4.78, 5) is 34.5. The average Bonchev–Trinajstić information content (AvgIpc) is 2.86. The Balaban J connectivity index is 1.62. The van der Waals surface area contributed by atoms with E-state index in [-0.39, 0.29) is 30.9 Å². The van der Waals surface area contributed by atoms with Gasteiger partial charge < -0.3 is 19.1 Å². The van der Waals surface area contributed by atoms with Gasteiger partial charge in [-0.05, 0) is 18.6 Å². The third kappa shape index (κ3) is 5.19. The first-order valence-corrected chi connectivity index (χ1v) is 10.9. The maximum Gasteiger partial charge on any atom is 0.310 e. The van der Waals surface area contributed by atoms with Crippen molar-refractivity contribution >= 4 is 17.9 Å². The smallest absolute Gasteiger partial charge is 0.310 e. The minimum Gasteiger partial charge on any atom is -0.481 e. The van der Waals surface area contributed by atoms with Crippen LogP contribution in [0, 0.1) is 0 Å². The lowest BCUT2D eigenvalue weighted by Gasteiger charge is -2.47. The van der Waals surface area contributed by atoms with E-state index >= 15 is 0 Å². The van der Waals surface area contributed by atoms with Gasteiger partial charge in [0.1, 0.15) is 18.4 Å². The normalized spacial score (nSPS) is 27.5. The number of piperidine rings is 1. The molecule has 0 spiro atoms. The largest absolute Gasteiger partial charge is 0.481 e. The van der Waals surface area contributed by atoms with Crippen LogP contribution in [-0.2, 0) is 25.7 Å². The SMILES string of the molecule is CCC(=O)Oc1ccccc1C[N+]1(C)C2CCC1CC(OC(=O)CCCC(=O)O)C2. The molecule has 1 aromatic rings. The first-order valence-electron chi connectivity index (χ1n) is 10.9. The van der Waals surface area contributed by atoms with Crippen molar-refractivity contribution in [2.45, 2.75) is 83.0 Å². The quantitative estimate of drug-likeness (QED) is 0.375. The maximum atomic E-state index is 12.1. The van der Waals surface area contributed by atoms with Crippen molar-refractivity contribution in [3.8, 4) is 5.75 Å². The Hall–Kier alpha value is -2.41. The van der Waals surface area contributed by atoms with E-state index in [1.165, 1.54) is 0 Å². The molecule has 2 saturated heterocycles. The minimum atomic E-state index is -0.892. The number of ether oxygens (including phenoxy) is 2. The molecule has 1 aromatic carbocycles. The predicted octanol–water partition coefficient (Wildman–Crippen LogP) is 3.44. The van der Waals surface area contributed by atoms with Crippen molar-refractivity contribution in [1.82, 2.24) is 0 Å². The van der Waals surface area contributed by atoms with Crippen molar-refractivity contribution in [2.24, 2.45) is 0 Å². The second-order valence-electron chi connectivity index (χ2n) is 8.66. The molecule has 2 bridgehead atoms.